The fourth-order valence-electron chi connectivity index (χ4n) is 1.14. The lowest BCUT2D eigenvalue weighted by molar-refractivity contribution is -0.127. The number of hydrogen-bond donors (Lipinski definition) is 2. The second-order valence-electron chi connectivity index (χ2n) is 3.69. The summed E-state index contributed by atoms with van der Waals surface area (Å²) in [6.07, 6.45) is 0. The summed E-state index contributed by atoms with van der Waals surface area (Å²) < 4.78 is 4.76. The Morgan fingerprint density at radius 2 is 1.83 bits per heavy atom. The van der Waals surface area contributed by atoms with Gasteiger partial charge in [0.2, 0.25) is 5.91 Å². The van der Waals surface area contributed by atoms with Crippen molar-refractivity contribution in [1.82, 2.24) is 5.32 Å². The van der Waals surface area contributed by atoms with Crippen LogP contribution in [0.4, 0.5) is 0 Å². The van der Waals surface area contributed by atoms with E-state index < -0.39 is 24.4 Å². The molecule has 96 valence electrons. The van der Waals surface area contributed by atoms with Crippen LogP contribution < -0.4 is 11.1 Å². The molecule has 0 aliphatic heterocycles. The molecule has 3 N–H and O–H groups in total. The first-order chi connectivity index (χ1) is 8.49. The van der Waals surface area contributed by atoms with Crippen molar-refractivity contribution < 1.29 is 19.1 Å². The largest absolute Gasteiger partial charge is 0.452 e. The Morgan fingerprint density at radius 1 is 1.22 bits per heavy atom. The van der Waals surface area contributed by atoms with Crippen molar-refractivity contribution in [1.29, 1.82) is 0 Å². The Hall–Kier alpha value is -2.37. The molecule has 1 aromatic carbocycles. The molecule has 6 heteroatoms. The molecule has 0 bridgehead atoms. The lowest BCUT2D eigenvalue weighted by Crippen LogP contribution is -2.35. The summed E-state index contributed by atoms with van der Waals surface area (Å²) in [7, 11) is 0. The Bertz CT molecular complexity index is 454. The van der Waals surface area contributed by atoms with Gasteiger partial charge >= 0.3 is 5.97 Å². The van der Waals surface area contributed by atoms with Crippen molar-refractivity contribution in [3.05, 3.63) is 35.4 Å². The van der Waals surface area contributed by atoms with Crippen LogP contribution in [-0.2, 0) is 14.3 Å². The number of ether oxygens (including phenoxy) is 1. The monoisotopic (exact) mass is 250 g/mol. The summed E-state index contributed by atoms with van der Waals surface area (Å²) in [5.41, 5.74) is 6.22. The first kappa shape index (κ1) is 13.7. The molecule has 0 atom stereocenters. The van der Waals surface area contributed by atoms with Crippen LogP contribution in [0.5, 0.6) is 0 Å². The fourth-order valence-corrected chi connectivity index (χ4v) is 1.14. The predicted octanol–water partition coefficient (Wildman–Crippen LogP) is -0.247. The van der Waals surface area contributed by atoms with Crippen LogP contribution >= 0.6 is 0 Å². The SMILES string of the molecule is Cc1ccc(C(=O)OCC(=O)NCC(N)=O)cc1. The molecule has 0 unspecified atom stereocenters. The van der Waals surface area contributed by atoms with Gasteiger partial charge in [0, 0.05) is 0 Å². The van der Waals surface area contributed by atoms with Gasteiger partial charge in [-0.15, -0.1) is 0 Å². The van der Waals surface area contributed by atoms with Crippen LogP contribution in [0.1, 0.15) is 15.9 Å². The Morgan fingerprint density at radius 3 is 2.39 bits per heavy atom. The number of nitrogens with one attached hydrogen (secondary N) is 1. The van der Waals surface area contributed by atoms with E-state index in [0.717, 1.165) is 5.56 Å². The van der Waals surface area contributed by atoms with Gasteiger partial charge in [-0.3, -0.25) is 9.59 Å². The molecule has 2 amide bonds. The number of primary amides is 1. The minimum Gasteiger partial charge on any atom is -0.452 e. The molecule has 0 radical (unpaired) electrons. The van der Waals surface area contributed by atoms with Gasteiger partial charge in [-0.1, -0.05) is 17.7 Å². The van der Waals surface area contributed by atoms with Gasteiger partial charge in [-0.2, -0.15) is 0 Å². The van der Waals surface area contributed by atoms with E-state index in [-0.39, 0.29) is 6.54 Å². The number of amides is 2. The molecule has 0 aromatic heterocycles. The maximum absolute atomic E-state index is 11.5. The van der Waals surface area contributed by atoms with Crippen LogP contribution in [0.25, 0.3) is 0 Å². The molecule has 0 aliphatic rings. The summed E-state index contributed by atoms with van der Waals surface area (Å²) in [6.45, 7) is 1.17. The van der Waals surface area contributed by atoms with Gasteiger partial charge in [-0.05, 0) is 19.1 Å². The average molecular weight is 250 g/mol. The molecule has 0 spiro atoms. The number of esters is 1. The molecule has 0 heterocycles. The lowest BCUT2D eigenvalue weighted by atomic mass is 10.1. The maximum Gasteiger partial charge on any atom is 0.338 e. The maximum atomic E-state index is 11.5. The van der Waals surface area contributed by atoms with E-state index in [1.54, 1.807) is 24.3 Å². The number of hydrogen-bond acceptors (Lipinski definition) is 4. The zero-order valence-electron chi connectivity index (χ0n) is 9.93. The Labute approximate surface area is 104 Å². The summed E-state index contributed by atoms with van der Waals surface area (Å²) in [4.78, 5) is 33.0. The van der Waals surface area contributed by atoms with E-state index in [1.807, 2.05) is 6.92 Å². The topological polar surface area (TPSA) is 98.5 Å². The Kier molecular flexibility index (Phi) is 4.86. The highest BCUT2D eigenvalue weighted by Crippen LogP contribution is 2.04. The van der Waals surface area contributed by atoms with E-state index in [1.165, 1.54) is 0 Å². The fraction of sp³-hybridized carbons (Fsp3) is 0.250. The standard InChI is InChI=1S/C12H14N2O4/c1-8-2-4-9(5-3-8)12(17)18-7-11(16)14-6-10(13)15/h2-5H,6-7H2,1H3,(H2,13,15)(H,14,16). The molecule has 0 saturated carbocycles. The predicted molar refractivity (Wildman–Crippen MR) is 63.7 cm³/mol. The molecule has 0 saturated heterocycles. The van der Waals surface area contributed by atoms with Crippen molar-refractivity contribution in [2.24, 2.45) is 5.73 Å². The highest BCUT2D eigenvalue weighted by molar-refractivity contribution is 5.91. The molecule has 1 rings (SSSR count). The number of carbonyl (C=O) groups excluding carboxylic acids is 3. The normalized spacial score (nSPS) is 9.61. The van der Waals surface area contributed by atoms with E-state index in [9.17, 15) is 14.4 Å². The highest BCUT2D eigenvalue weighted by atomic mass is 16.5. The second kappa shape index (κ2) is 6.39. The third kappa shape index (κ3) is 4.65. The zero-order valence-corrected chi connectivity index (χ0v) is 9.93. The third-order valence-corrected chi connectivity index (χ3v) is 2.08. The average Bonchev–Trinajstić information content (AvgIpc) is 2.34. The van der Waals surface area contributed by atoms with Crippen LogP contribution in [0.2, 0.25) is 0 Å². The number of nitrogens with two attached hydrogens (primary N) is 1. The van der Waals surface area contributed by atoms with E-state index in [0.29, 0.717) is 5.56 Å². The summed E-state index contributed by atoms with van der Waals surface area (Å²) in [5, 5.41) is 2.21. The van der Waals surface area contributed by atoms with Gasteiger partial charge in [0.25, 0.3) is 5.91 Å². The number of carbonyl (C=O) groups is 3. The van der Waals surface area contributed by atoms with Crippen LogP contribution in [0.3, 0.4) is 0 Å². The molecule has 0 fully saturated rings. The van der Waals surface area contributed by atoms with Crippen molar-refractivity contribution in [2.45, 2.75) is 6.92 Å². The van der Waals surface area contributed by atoms with Crippen molar-refractivity contribution in [2.75, 3.05) is 13.2 Å². The Balaban J connectivity index is 2.39. The number of benzene rings is 1. The van der Waals surface area contributed by atoms with Crippen molar-refractivity contribution in [3.63, 3.8) is 0 Å². The first-order valence-electron chi connectivity index (χ1n) is 5.28. The zero-order chi connectivity index (χ0) is 13.5. The summed E-state index contributed by atoms with van der Waals surface area (Å²) in [6, 6.07) is 6.76. The molecule has 6 nitrogen and oxygen atoms in total. The van der Waals surface area contributed by atoms with Crippen LogP contribution in [-0.4, -0.2) is 30.9 Å². The minimum atomic E-state index is -0.659. The minimum absolute atomic E-state index is 0.277. The molecule has 18 heavy (non-hydrogen) atoms. The first-order valence-corrected chi connectivity index (χ1v) is 5.28. The van der Waals surface area contributed by atoms with Crippen molar-refractivity contribution in [3.8, 4) is 0 Å². The van der Waals surface area contributed by atoms with Gasteiger partial charge in [0.05, 0.1) is 12.1 Å². The van der Waals surface area contributed by atoms with Crippen LogP contribution in [0, 0.1) is 6.92 Å². The number of rotatable bonds is 5. The van der Waals surface area contributed by atoms with Gasteiger partial charge in [0.15, 0.2) is 6.61 Å². The van der Waals surface area contributed by atoms with E-state index in [2.05, 4.69) is 5.32 Å². The smallest absolute Gasteiger partial charge is 0.338 e. The van der Waals surface area contributed by atoms with Gasteiger partial charge < -0.3 is 15.8 Å². The quantitative estimate of drug-likeness (QED) is 0.704. The van der Waals surface area contributed by atoms with E-state index >= 15 is 0 Å². The third-order valence-electron chi connectivity index (χ3n) is 2.08. The van der Waals surface area contributed by atoms with E-state index in [4.69, 9.17) is 10.5 Å². The van der Waals surface area contributed by atoms with Crippen molar-refractivity contribution >= 4 is 17.8 Å². The van der Waals surface area contributed by atoms with Gasteiger partial charge in [0.1, 0.15) is 0 Å². The number of aryl methyl sites for hydroxylation is 1. The molecule has 1 aromatic rings. The molecular formula is C12H14N2O4. The lowest BCUT2D eigenvalue weighted by Gasteiger charge is -2.05. The molecule has 0 aliphatic carbocycles. The summed E-state index contributed by atoms with van der Waals surface area (Å²) >= 11 is 0. The van der Waals surface area contributed by atoms with Gasteiger partial charge in [-0.25, -0.2) is 4.79 Å². The summed E-state index contributed by atoms with van der Waals surface area (Å²) in [5.74, 6) is -1.83. The molecular weight excluding hydrogens is 236 g/mol. The highest BCUT2D eigenvalue weighted by Gasteiger charge is 2.09. The second-order valence-corrected chi connectivity index (χ2v) is 3.69. The van der Waals surface area contributed by atoms with Crippen LogP contribution in [0.15, 0.2) is 24.3 Å².